The minimum Gasteiger partial charge on any atom is -0.504 e. The van der Waals surface area contributed by atoms with Gasteiger partial charge < -0.3 is 9.84 Å². The number of aromatic hydroxyl groups is 1. The number of carbonyl (C=O) groups excluding carboxylic acids is 1. The van der Waals surface area contributed by atoms with Crippen LogP contribution in [0.5, 0.6) is 5.75 Å². The Labute approximate surface area is 110 Å². The average Bonchev–Trinajstić information content (AvgIpc) is 2.81. The summed E-state index contributed by atoms with van der Waals surface area (Å²) in [6.45, 7) is 1.91. The molecule has 0 spiro atoms. The second-order valence-electron chi connectivity index (χ2n) is 3.93. The lowest BCUT2D eigenvalue weighted by Crippen LogP contribution is -2.08. The van der Waals surface area contributed by atoms with Gasteiger partial charge in [0.15, 0.2) is 17.1 Å². The number of imidazole rings is 1. The highest BCUT2D eigenvalue weighted by molar-refractivity contribution is 5.94. The van der Waals surface area contributed by atoms with Gasteiger partial charge in [-0.05, 0) is 6.42 Å². The van der Waals surface area contributed by atoms with E-state index < -0.39 is 29.2 Å². The molecule has 0 saturated carbocycles. The third kappa shape index (κ3) is 2.51. The molecule has 0 aliphatic heterocycles. The maximum atomic E-state index is 12.5. The third-order valence-corrected chi connectivity index (χ3v) is 2.41. The highest BCUT2D eigenvalue weighted by Crippen LogP contribution is 2.31. The van der Waals surface area contributed by atoms with Crippen LogP contribution in [0.1, 0.15) is 29.4 Å². The molecule has 2 rings (SSSR count). The number of aromatic nitrogens is 3. The smallest absolute Gasteiger partial charge is 0.434 e. The molecule has 0 fully saturated rings. The predicted octanol–water partition coefficient (Wildman–Crippen LogP) is 2.02. The fraction of sp³-hybridized carbons (Fsp3) is 0.364. The van der Waals surface area contributed by atoms with Crippen molar-refractivity contribution < 1.29 is 27.8 Å². The fourth-order valence-electron chi connectivity index (χ4n) is 1.48. The fourth-order valence-corrected chi connectivity index (χ4v) is 1.48. The average molecular weight is 289 g/mol. The number of carbonyl (C=O) groups is 1. The molecule has 0 saturated heterocycles. The highest BCUT2D eigenvalue weighted by Gasteiger charge is 2.35. The quantitative estimate of drug-likeness (QED) is 0.875. The molecule has 2 aromatic heterocycles. The van der Waals surface area contributed by atoms with Crippen LogP contribution in [0.2, 0.25) is 0 Å². The van der Waals surface area contributed by atoms with Gasteiger partial charge in [-0.1, -0.05) is 6.92 Å². The van der Waals surface area contributed by atoms with Gasteiger partial charge in [0.05, 0.1) is 19.0 Å². The summed E-state index contributed by atoms with van der Waals surface area (Å²) in [6, 6.07) is 0. The van der Waals surface area contributed by atoms with Gasteiger partial charge >= 0.3 is 12.1 Å². The van der Waals surface area contributed by atoms with Crippen LogP contribution in [0.4, 0.5) is 13.2 Å². The first-order chi connectivity index (χ1) is 9.34. The van der Waals surface area contributed by atoms with Crippen LogP contribution in [-0.2, 0) is 10.9 Å². The van der Waals surface area contributed by atoms with Crippen molar-refractivity contribution in [2.24, 2.45) is 0 Å². The van der Waals surface area contributed by atoms with Crippen molar-refractivity contribution >= 4 is 11.6 Å². The molecule has 9 heteroatoms. The Kier molecular flexibility index (Phi) is 3.51. The second kappa shape index (κ2) is 4.99. The standard InChI is InChI=1S/C11H10F3N3O3/c1-2-3-20-10(19)6-4-15-17-5-7(11(12,13)14)16-9(17)8(6)18/h4-5,18H,2-3H2,1H3. The van der Waals surface area contributed by atoms with Crippen molar-refractivity contribution in [2.45, 2.75) is 19.5 Å². The number of halogens is 3. The molecule has 0 aliphatic rings. The van der Waals surface area contributed by atoms with Gasteiger partial charge in [-0.25, -0.2) is 14.3 Å². The largest absolute Gasteiger partial charge is 0.504 e. The molecule has 0 aliphatic carbocycles. The van der Waals surface area contributed by atoms with Crippen LogP contribution in [0, 0.1) is 0 Å². The highest BCUT2D eigenvalue weighted by atomic mass is 19.4. The molecule has 0 atom stereocenters. The van der Waals surface area contributed by atoms with Gasteiger partial charge in [0.25, 0.3) is 0 Å². The number of hydrogen-bond donors (Lipinski definition) is 1. The number of alkyl halides is 3. The lowest BCUT2D eigenvalue weighted by atomic mass is 10.3. The molecule has 0 aromatic carbocycles. The SMILES string of the molecule is CCCOC(=O)c1cnn2cc(C(F)(F)F)nc2c1O. The van der Waals surface area contributed by atoms with E-state index in [4.69, 9.17) is 4.74 Å². The number of esters is 1. The first-order valence-electron chi connectivity index (χ1n) is 5.66. The van der Waals surface area contributed by atoms with E-state index in [0.717, 1.165) is 10.7 Å². The summed E-state index contributed by atoms with van der Waals surface area (Å²) >= 11 is 0. The van der Waals surface area contributed by atoms with Crippen molar-refractivity contribution in [3.63, 3.8) is 0 Å². The minimum atomic E-state index is -4.66. The van der Waals surface area contributed by atoms with Gasteiger partial charge in [0, 0.05) is 0 Å². The molecule has 0 unspecified atom stereocenters. The lowest BCUT2D eigenvalue weighted by Gasteiger charge is -2.05. The Morgan fingerprint density at radius 1 is 1.50 bits per heavy atom. The van der Waals surface area contributed by atoms with Crippen molar-refractivity contribution in [3.05, 3.63) is 23.7 Å². The van der Waals surface area contributed by atoms with E-state index in [1.807, 2.05) is 0 Å². The number of ether oxygens (including phenoxy) is 1. The molecule has 1 N–H and O–H groups in total. The summed E-state index contributed by atoms with van der Waals surface area (Å²) in [6.07, 6.45) is -2.54. The van der Waals surface area contributed by atoms with Crippen LogP contribution >= 0.6 is 0 Å². The molecule has 20 heavy (non-hydrogen) atoms. The molecule has 2 aromatic rings. The molecular formula is C11H10F3N3O3. The Morgan fingerprint density at radius 2 is 2.20 bits per heavy atom. The summed E-state index contributed by atoms with van der Waals surface area (Å²) in [5.74, 6) is -1.56. The van der Waals surface area contributed by atoms with Gasteiger partial charge in [-0.2, -0.15) is 18.3 Å². The Hall–Kier alpha value is -2.32. The van der Waals surface area contributed by atoms with Gasteiger partial charge in [0.2, 0.25) is 0 Å². The molecule has 0 bridgehead atoms. The Bertz CT molecular complexity index is 651. The first kappa shape index (κ1) is 14.1. The number of fused-ring (bicyclic) bond motifs is 1. The number of nitrogens with zero attached hydrogens (tertiary/aromatic N) is 3. The van der Waals surface area contributed by atoms with Gasteiger partial charge in [-0.15, -0.1) is 0 Å². The van der Waals surface area contributed by atoms with Gasteiger partial charge in [-0.3, -0.25) is 0 Å². The maximum Gasteiger partial charge on any atom is 0.434 e. The van der Waals surface area contributed by atoms with E-state index >= 15 is 0 Å². The molecule has 0 amide bonds. The van der Waals surface area contributed by atoms with E-state index in [9.17, 15) is 23.1 Å². The number of rotatable bonds is 3. The number of hydrogen-bond acceptors (Lipinski definition) is 5. The lowest BCUT2D eigenvalue weighted by molar-refractivity contribution is -0.140. The maximum absolute atomic E-state index is 12.5. The zero-order chi connectivity index (χ0) is 14.9. The molecule has 0 radical (unpaired) electrons. The third-order valence-electron chi connectivity index (χ3n) is 2.41. The summed E-state index contributed by atoms with van der Waals surface area (Å²) in [7, 11) is 0. The van der Waals surface area contributed by atoms with Crippen LogP contribution in [0.3, 0.4) is 0 Å². The Balaban J connectivity index is 2.45. The summed E-state index contributed by atoms with van der Waals surface area (Å²) in [4.78, 5) is 14.8. The first-order valence-corrected chi connectivity index (χ1v) is 5.66. The summed E-state index contributed by atoms with van der Waals surface area (Å²) in [5, 5.41) is 13.4. The normalized spacial score (nSPS) is 11.8. The van der Waals surface area contributed by atoms with Crippen molar-refractivity contribution in [1.82, 2.24) is 14.6 Å². The second-order valence-corrected chi connectivity index (χ2v) is 3.93. The van der Waals surface area contributed by atoms with E-state index in [0.29, 0.717) is 12.6 Å². The molecular weight excluding hydrogens is 279 g/mol. The predicted molar refractivity (Wildman–Crippen MR) is 60.2 cm³/mol. The summed E-state index contributed by atoms with van der Waals surface area (Å²) in [5.41, 5.74) is -1.99. The van der Waals surface area contributed by atoms with Crippen LogP contribution < -0.4 is 0 Å². The zero-order valence-electron chi connectivity index (χ0n) is 10.3. The summed E-state index contributed by atoms with van der Waals surface area (Å²) < 4.78 is 43.0. The zero-order valence-corrected chi connectivity index (χ0v) is 10.3. The van der Waals surface area contributed by atoms with E-state index in [1.165, 1.54) is 0 Å². The van der Waals surface area contributed by atoms with Gasteiger partial charge in [0.1, 0.15) is 5.56 Å². The Morgan fingerprint density at radius 3 is 2.80 bits per heavy atom. The van der Waals surface area contributed by atoms with Crippen LogP contribution in [0.25, 0.3) is 5.65 Å². The monoisotopic (exact) mass is 289 g/mol. The van der Waals surface area contributed by atoms with Crippen molar-refractivity contribution in [2.75, 3.05) is 6.61 Å². The topological polar surface area (TPSA) is 76.7 Å². The van der Waals surface area contributed by atoms with Crippen molar-refractivity contribution in [3.8, 4) is 5.75 Å². The van der Waals surface area contributed by atoms with E-state index in [1.54, 1.807) is 6.92 Å². The molecule has 108 valence electrons. The van der Waals surface area contributed by atoms with Crippen molar-refractivity contribution in [1.29, 1.82) is 0 Å². The van der Waals surface area contributed by atoms with E-state index in [2.05, 4.69) is 10.1 Å². The van der Waals surface area contributed by atoms with E-state index in [-0.39, 0.29) is 12.2 Å². The molecule has 2 heterocycles. The van der Waals surface area contributed by atoms with Crippen LogP contribution in [-0.4, -0.2) is 32.3 Å². The molecule has 6 nitrogen and oxygen atoms in total. The minimum absolute atomic E-state index is 0.131. The van der Waals surface area contributed by atoms with Crippen LogP contribution in [0.15, 0.2) is 12.4 Å².